The van der Waals surface area contributed by atoms with E-state index in [1.165, 1.54) is 7.11 Å². The summed E-state index contributed by atoms with van der Waals surface area (Å²) < 4.78 is 4.48. The van der Waals surface area contributed by atoms with E-state index in [1.807, 2.05) is 20.8 Å². The Kier molecular flexibility index (Phi) is 3.27. The maximum absolute atomic E-state index is 10.9. The van der Waals surface area contributed by atoms with E-state index in [0.29, 0.717) is 0 Å². The van der Waals surface area contributed by atoms with Crippen molar-refractivity contribution in [1.82, 2.24) is 0 Å². The Morgan fingerprint density at radius 2 is 1.75 bits per heavy atom. The summed E-state index contributed by atoms with van der Waals surface area (Å²) in [5.74, 6) is -0.380. The second kappa shape index (κ2) is 3.44. The van der Waals surface area contributed by atoms with Crippen LogP contribution in [0.5, 0.6) is 0 Å². The van der Waals surface area contributed by atoms with Gasteiger partial charge in [0.25, 0.3) is 0 Å². The van der Waals surface area contributed by atoms with E-state index in [1.54, 1.807) is 6.92 Å². The van der Waals surface area contributed by atoms with Gasteiger partial charge in [-0.25, -0.2) is 0 Å². The van der Waals surface area contributed by atoms with E-state index in [2.05, 4.69) is 4.74 Å². The fourth-order valence-electron chi connectivity index (χ4n) is 0.618. The minimum Gasteiger partial charge on any atom is -0.469 e. The zero-order valence-corrected chi connectivity index (χ0v) is 8.47. The summed E-state index contributed by atoms with van der Waals surface area (Å²) in [5.41, 5.74) is -1.33. The molecule has 0 fully saturated rings. The third kappa shape index (κ3) is 2.81. The first-order chi connectivity index (χ1) is 5.20. The lowest BCUT2D eigenvalue weighted by Crippen LogP contribution is -2.41. The number of aliphatic hydroxyl groups is 1. The maximum atomic E-state index is 10.9. The Bertz CT molecular complexity index is 165. The summed E-state index contributed by atoms with van der Waals surface area (Å²) in [5, 5.41) is 9.85. The highest BCUT2D eigenvalue weighted by Gasteiger charge is 2.37. The average Bonchev–Trinajstić information content (AvgIpc) is 1.84. The first-order valence-corrected chi connectivity index (χ1v) is 4.00. The van der Waals surface area contributed by atoms with Crippen molar-refractivity contribution in [2.24, 2.45) is 5.41 Å². The van der Waals surface area contributed by atoms with Gasteiger partial charge in [-0.2, -0.15) is 0 Å². The monoisotopic (exact) mass is 174 g/mol. The van der Waals surface area contributed by atoms with Gasteiger partial charge in [0, 0.05) is 0 Å². The Morgan fingerprint density at radius 3 is 2.00 bits per heavy atom. The average molecular weight is 174 g/mol. The zero-order chi connectivity index (χ0) is 9.99. The van der Waals surface area contributed by atoms with Crippen molar-refractivity contribution >= 4 is 5.97 Å². The van der Waals surface area contributed by atoms with Gasteiger partial charge in [0.1, 0.15) is 0 Å². The van der Waals surface area contributed by atoms with Crippen LogP contribution in [0.25, 0.3) is 0 Å². The van der Waals surface area contributed by atoms with Crippen molar-refractivity contribution in [3.63, 3.8) is 0 Å². The Hall–Kier alpha value is -0.570. The van der Waals surface area contributed by atoms with E-state index in [0.717, 1.165) is 0 Å². The Morgan fingerprint density at radius 1 is 1.33 bits per heavy atom. The van der Waals surface area contributed by atoms with Crippen LogP contribution >= 0.6 is 0 Å². The lowest BCUT2D eigenvalue weighted by atomic mass is 9.76. The Balaban J connectivity index is 4.33. The van der Waals surface area contributed by atoms with Gasteiger partial charge in [-0.3, -0.25) is 4.79 Å². The first kappa shape index (κ1) is 11.4. The van der Waals surface area contributed by atoms with Crippen LogP contribution in [0.2, 0.25) is 0 Å². The molecule has 0 aliphatic carbocycles. The quantitative estimate of drug-likeness (QED) is 0.643. The molecule has 0 aromatic carbocycles. The van der Waals surface area contributed by atoms with Crippen LogP contribution in [0.15, 0.2) is 0 Å². The van der Waals surface area contributed by atoms with Gasteiger partial charge in [-0.15, -0.1) is 0 Å². The van der Waals surface area contributed by atoms with Crippen LogP contribution in [0.3, 0.4) is 0 Å². The molecule has 0 saturated carbocycles. The highest BCUT2D eigenvalue weighted by atomic mass is 16.5. The number of carbonyl (C=O) groups is 1. The van der Waals surface area contributed by atoms with Crippen LogP contribution in [-0.4, -0.2) is 23.8 Å². The zero-order valence-electron chi connectivity index (χ0n) is 8.47. The van der Waals surface area contributed by atoms with Crippen molar-refractivity contribution in [3.05, 3.63) is 0 Å². The van der Waals surface area contributed by atoms with Crippen molar-refractivity contribution in [2.75, 3.05) is 7.11 Å². The highest BCUT2D eigenvalue weighted by Crippen LogP contribution is 2.32. The second-order valence-corrected chi connectivity index (χ2v) is 4.28. The number of esters is 1. The molecule has 0 rings (SSSR count). The van der Waals surface area contributed by atoms with Gasteiger partial charge < -0.3 is 9.84 Å². The van der Waals surface area contributed by atoms with Crippen LogP contribution in [0.1, 0.15) is 34.1 Å². The highest BCUT2D eigenvalue weighted by molar-refractivity contribution is 5.70. The fraction of sp³-hybridized carbons (Fsp3) is 0.889. The lowest BCUT2D eigenvalue weighted by Gasteiger charge is -2.36. The van der Waals surface area contributed by atoms with Crippen LogP contribution in [0.4, 0.5) is 0 Å². The van der Waals surface area contributed by atoms with Gasteiger partial charge in [-0.1, -0.05) is 20.8 Å². The van der Waals surface area contributed by atoms with E-state index in [4.69, 9.17) is 0 Å². The molecule has 0 aliphatic heterocycles. The number of rotatable bonds is 2. The van der Waals surface area contributed by atoms with Gasteiger partial charge in [0.2, 0.25) is 0 Å². The molecule has 0 aromatic heterocycles. The van der Waals surface area contributed by atoms with Crippen LogP contribution in [-0.2, 0) is 9.53 Å². The molecular weight excluding hydrogens is 156 g/mol. The topological polar surface area (TPSA) is 46.5 Å². The normalized spacial score (nSPS) is 16.8. The predicted octanol–water partition coefficient (Wildman–Crippen LogP) is 1.35. The molecule has 0 aliphatic rings. The minimum atomic E-state index is -1.01. The maximum Gasteiger partial charge on any atom is 0.308 e. The number of carbonyl (C=O) groups excluding carboxylic acids is 1. The minimum absolute atomic E-state index is 0.0347. The lowest BCUT2D eigenvalue weighted by molar-refractivity contribution is -0.150. The van der Waals surface area contributed by atoms with Gasteiger partial charge in [0.05, 0.1) is 19.1 Å². The molecule has 3 heteroatoms. The van der Waals surface area contributed by atoms with E-state index in [-0.39, 0.29) is 17.8 Å². The molecule has 1 N–H and O–H groups in total. The Labute approximate surface area is 73.7 Å². The van der Waals surface area contributed by atoms with Crippen LogP contribution in [0, 0.1) is 5.41 Å². The number of ether oxygens (including phenoxy) is 1. The molecule has 0 saturated heterocycles. The van der Waals surface area contributed by atoms with Gasteiger partial charge in [0.15, 0.2) is 0 Å². The standard InChI is InChI=1S/C9H18O3/c1-8(2,3)9(4,11)6-7(10)12-5/h11H,6H2,1-5H3/t9-/m0/s1. The summed E-state index contributed by atoms with van der Waals surface area (Å²) in [4.78, 5) is 10.9. The molecule has 12 heavy (non-hydrogen) atoms. The predicted molar refractivity (Wildman–Crippen MR) is 46.7 cm³/mol. The molecular formula is C9H18O3. The molecule has 0 spiro atoms. The largest absolute Gasteiger partial charge is 0.469 e. The molecule has 72 valence electrons. The smallest absolute Gasteiger partial charge is 0.308 e. The van der Waals surface area contributed by atoms with Gasteiger partial charge in [-0.05, 0) is 12.3 Å². The molecule has 0 bridgehead atoms. The summed E-state index contributed by atoms with van der Waals surface area (Å²) in [6, 6.07) is 0. The molecule has 0 amide bonds. The van der Waals surface area contributed by atoms with Gasteiger partial charge >= 0.3 is 5.97 Å². The first-order valence-electron chi connectivity index (χ1n) is 4.00. The summed E-state index contributed by atoms with van der Waals surface area (Å²) in [6.07, 6.45) is 0.0347. The number of hydrogen-bond acceptors (Lipinski definition) is 3. The third-order valence-corrected chi connectivity index (χ3v) is 2.33. The third-order valence-electron chi connectivity index (χ3n) is 2.33. The fourth-order valence-corrected chi connectivity index (χ4v) is 0.618. The SMILES string of the molecule is COC(=O)C[C@](C)(O)C(C)(C)C. The second-order valence-electron chi connectivity index (χ2n) is 4.28. The molecule has 1 atom stereocenters. The molecule has 0 heterocycles. The van der Waals surface area contributed by atoms with Crippen molar-refractivity contribution in [2.45, 2.75) is 39.7 Å². The van der Waals surface area contributed by atoms with E-state index < -0.39 is 5.60 Å². The summed E-state index contributed by atoms with van der Waals surface area (Å²) >= 11 is 0. The number of methoxy groups -OCH3 is 1. The molecule has 3 nitrogen and oxygen atoms in total. The van der Waals surface area contributed by atoms with Crippen molar-refractivity contribution in [1.29, 1.82) is 0 Å². The summed E-state index contributed by atoms with van der Waals surface area (Å²) in [7, 11) is 1.32. The van der Waals surface area contributed by atoms with E-state index >= 15 is 0 Å². The van der Waals surface area contributed by atoms with Crippen LogP contribution < -0.4 is 0 Å². The molecule has 0 radical (unpaired) electrons. The number of hydrogen-bond donors (Lipinski definition) is 1. The van der Waals surface area contributed by atoms with Crippen molar-refractivity contribution < 1.29 is 14.6 Å². The molecule has 0 aromatic rings. The summed E-state index contributed by atoms with van der Waals surface area (Å²) in [6.45, 7) is 7.30. The molecule has 0 unspecified atom stereocenters. The van der Waals surface area contributed by atoms with Crippen molar-refractivity contribution in [3.8, 4) is 0 Å². The van der Waals surface area contributed by atoms with E-state index in [9.17, 15) is 9.90 Å².